The number of piperazine rings is 2. The first-order valence-corrected chi connectivity index (χ1v) is 21.3. The summed E-state index contributed by atoms with van der Waals surface area (Å²) in [6.07, 6.45) is 0.632. The van der Waals surface area contributed by atoms with E-state index >= 15 is 0 Å². The molecular weight excluding hydrogens is 775 g/mol. The monoisotopic (exact) mass is 830 g/mol. The second-order valence-electron chi connectivity index (χ2n) is 16.5. The number of fused-ring (bicyclic) bond motifs is 2. The van der Waals surface area contributed by atoms with Crippen LogP contribution >= 0.6 is 0 Å². The molecule has 4 N–H and O–H groups in total. The van der Waals surface area contributed by atoms with Gasteiger partial charge in [0, 0.05) is 26.3 Å². The van der Waals surface area contributed by atoms with Crippen LogP contribution in [0, 0.1) is 11.6 Å². The minimum Gasteiger partial charge on any atom is -0.382 e. The summed E-state index contributed by atoms with van der Waals surface area (Å²) in [7, 11) is 1.74. The molecule has 0 radical (unpaired) electrons. The van der Waals surface area contributed by atoms with Gasteiger partial charge in [-0.15, -0.1) is 0 Å². The van der Waals surface area contributed by atoms with Crippen LogP contribution in [0.4, 0.5) is 8.78 Å². The van der Waals surface area contributed by atoms with Gasteiger partial charge in [0.1, 0.15) is 61.2 Å². The smallest absolute Gasteiger partial charge is 0.238 e. The Morgan fingerprint density at radius 3 is 1.51 bits per heavy atom. The van der Waals surface area contributed by atoms with Gasteiger partial charge >= 0.3 is 0 Å². The maximum atomic E-state index is 14.4. The van der Waals surface area contributed by atoms with Crippen LogP contribution in [0.2, 0.25) is 0 Å². The molecule has 5 aromatic rings. The van der Waals surface area contributed by atoms with Gasteiger partial charge in [0.05, 0.1) is 32.9 Å². The largest absolute Gasteiger partial charge is 0.382 e. The van der Waals surface area contributed by atoms with E-state index in [9.17, 15) is 18.4 Å². The van der Waals surface area contributed by atoms with Crippen LogP contribution in [0.1, 0.15) is 27.8 Å². The normalized spacial score (nSPS) is 24.0. The summed E-state index contributed by atoms with van der Waals surface area (Å²) >= 11 is 0. The van der Waals surface area contributed by atoms with Crippen molar-refractivity contribution in [2.24, 2.45) is 0 Å². The lowest BCUT2D eigenvalue weighted by Gasteiger charge is -2.47. The van der Waals surface area contributed by atoms with Crippen LogP contribution in [0.25, 0.3) is 0 Å². The summed E-state index contributed by atoms with van der Waals surface area (Å²) in [5, 5.41) is 4.45. The first-order valence-electron chi connectivity index (χ1n) is 21.3. The number of carbonyl (C=O) groups is 2. The Hall–Kier alpha value is -5.34. The molecule has 12 heteroatoms. The minimum atomic E-state index is -0.830. The number of nitrogens with zero attached hydrogens (tertiary/aromatic N) is 4. The summed E-state index contributed by atoms with van der Waals surface area (Å²) in [6.45, 7) is 6.12. The lowest BCUT2D eigenvalue weighted by molar-refractivity contribution is -0.687. The number of ether oxygens (including phenoxy) is 2. The molecule has 0 bridgehead atoms. The number of rotatable bonds is 13. The predicted molar refractivity (Wildman–Crippen MR) is 227 cm³/mol. The Morgan fingerprint density at radius 1 is 0.590 bits per heavy atom. The third-order valence-corrected chi connectivity index (χ3v) is 12.7. The third-order valence-electron chi connectivity index (χ3n) is 12.7. The van der Waals surface area contributed by atoms with Crippen molar-refractivity contribution in [2.75, 3.05) is 66.2 Å². The van der Waals surface area contributed by atoms with Crippen LogP contribution in [-0.4, -0.2) is 110 Å². The quantitative estimate of drug-likeness (QED) is 0.177. The van der Waals surface area contributed by atoms with E-state index in [2.05, 4.69) is 56.8 Å². The first kappa shape index (κ1) is 42.4. The molecule has 0 saturated carbocycles. The molecule has 4 atom stereocenters. The van der Waals surface area contributed by atoms with E-state index in [1.54, 1.807) is 7.11 Å². The molecule has 4 aliphatic rings. The van der Waals surface area contributed by atoms with E-state index in [-0.39, 0.29) is 42.8 Å². The molecule has 4 aliphatic heterocycles. The molecule has 4 saturated heterocycles. The van der Waals surface area contributed by atoms with Gasteiger partial charge in [-0.1, -0.05) is 121 Å². The van der Waals surface area contributed by atoms with Crippen LogP contribution in [0.15, 0.2) is 140 Å². The number of halogens is 2. The van der Waals surface area contributed by atoms with Crippen molar-refractivity contribution in [3.63, 3.8) is 0 Å². The van der Waals surface area contributed by atoms with E-state index in [4.69, 9.17) is 9.47 Å². The van der Waals surface area contributed by atoms with Gasteiger partial charge in [0.25, 0.3) is 0 Å². The van der Waals surface area contributed by atoms with Gasteiger partial charge < -0.3 is 29.9 Å². The fourth-order valence-electron chi connectivity index (χ4n) is 9.76. The number of hydrogen-bond acceptors (Lipinski definition) is 6. The van der Waals surface area contributed by atoms with Crippen LogP contribution in [0.5, 0.6) is 0 Å². The SMILES string of the molecule is COCC1(c2ccccc2)C[NH2+]CC2N(Cc3ccccc3)C(=O)CN21.O=C1CN2C(C[NH2+]CC2(COCCc2ccccc2)c2cc(F)cc(F)c2)N1Cc1ccccc1. The fourth-order valence-corrected chi connectivity index (χ4v) is 9.76. The van der Waals surface area contributed by atoms with E-state index in [0.717, 1.165) is 36.7 Å². The lowest BCUT2D eigenvalue weighted by Crippen LogP contribution is -2.96. The number of quaternary nitrogens is 2. The summed E-state index contributed by atoms with van der Waals surface area (Å²) in [6, 6.07) is 44.3. The van der Waals surface area contributed by atoms with Crippen molar-refractivity contribution in [1.82, 2.24) is 19.6 Å². The molecule has 0 aromatic heterocycles. The summed E-state index contributed by atoms with van der Waals surface area (Å²) in [4.78, 5) is 34.4. The molecule has 0 spiro atoms. The van der Waals surface area contributed by atoms with Crippen LogP contribution in [0.3, 0.4) is 0 Å². The molecule has 9 rings (SSSR count). The molecule has 0 aliphatic carbocycles. The van der Waals surface area contributed by atoms with Crippen molar-refractivity contribution in [3.8, 4) is 0 Å². The standard InChI is InChI=1S/C28H29F2N3O2.C21H25N3O2/c29-24-13-23(14-25(30)15-24)28(20-35-12-11-21-7-3-1-4-8-21)19-31-16-26-32(27(34)18-33(26)28)17-22-9-5-2-6-10-22;1-26-16-21(18-10-6-3-7-11-18)15-22-12-19-23(20(25)14-24(19)21)13-17-8-4-2-5-9-17/h1-10,13-15,26,31H,11-12,16-20H2;2-11,19,22H,12-16H2,1H3/p+2. The van der Waals surface area contributed by atoms with E-state index in [1.165, 1.54) is 23.3 Å². The highest BCUT2D eigenvalue weighted by Crippen LogP contribution is 2.38. The second kappa shape index (κ2) is 19.1. The Balaban J connectivity index is 0.000000176. The Morgan fingerprint density at radius 2 is 1.03 bits per heavy atom. The van der Waals surface area contributed by atoms with Crippen LogP contribution in [-0.2, 0) is 49.7 Å². The average Bonchev–Trinajstić information content (AvgIpc) is 3.78. The number of benzene rings is 5. The molecule has 10 nitrogen and oxygen atoms in total. The Labute approximate surface area is 357 Å². The van der Waals surface area contributed by atoms with Crippen molar-refractivity contribution in [3.05, 3.63) is 179 Å². The molecule has 4 unspecified atom stereocenters. The van der Waals surface area contributed by atoms with Gasteiger partial charge in [-0.25, -0.2) is 8.78 Å². The van der Waals surface area contributed by atoms with Gasteiger partial charge in [0.2, 0.25) is 11.8 Å². The zero-order valence-corrected chi connectivity index (χ0v) is 34.8. The zero-order chi connectivity index (χ0) is 42.2. The topological polar surface area (TPSA) is 98.8 Å². The van der Waals surface area contributed by atoms with Crippen molar-refractivity contribution < 1.29 is 38.5 Å². The fraction of sp³-hybridized carbons (Fsp3) is 0.347. The van der Waals surface area contributed by atoms with E-state index < -0.39 is 17.2 Å². The van der Waals surface area contributed by atoms with Crippen LogP contribution < -0.4 is 10.6 Å². The van der Waals surface area contributed by atoms with E-state index in [0.29, 0.717) is 51.5 Å². The zero-order valence-electron chi connectivity index (χ0n) is 34.8. The number of methoxy groups -OCH3 is 1. The highest BCUT2D eigenvalue weighted by atomic mass is 19.1. The van der Waals surface area contributed by atoms with Crippen molar-refractivity contribution in [1.29, 1.82) is 0 Å². The first-order chi connectivity index (χ1) is 29.8. The number of nitrogens with two attached hydrogens (primary N) is 2. The molecule has 61 heavy (non-hydrogen) atoms. The summed E-state index contributed by atoms with van der Waals surface area (Å²) in [5.74, 6) is -1.04. The highest BCUT2D eigenvalue weighted by molar-refractivity contribution is 5.81. The lowest BCUT2D eigenvalue weighted by atomic mass is 9.86. The van der Waals surface area contributed by atoms with E-state index in [1.807, 2.05) is 94.7 Å². The number of hydrogen-bond donors (Lipinski definition) is 2. The van der Waals surface area contributed by atoms with Gasteiger partial charge in [-0.05, 0) is 46.4 Å². The molecule has 4 fully saturated rings. The van der Waals surface area contributed by atoms with Gasteiger partial charge in [0.15, 0.2) is 0 Å². The minimum absolute atomic E-state index is 0.0136. The Bertz CT molecular complexity index is 2200. The molecular formula is C49H56F2N6O4+2. The summed E-state index contributed by atoms with van der Waals surface area (Å²) in [5.41, 5.74) is 4.00. The molecule has 4 heterocycles. The Kier molecular flexibility index (Phi) is 13.3. The molecule has 318 valence electrons. The van der Waals surface area contributed by atoms with Gasteiger partial charge in [-0.3, -0.25) is 19.4 Å². The molecule has 5 aromatic carbocycles. The van der Waals surface area contributed by atoms with Crippen molar-refractivity contribution in [2.45, 2.75) is 42.9 Å². The number of amides is 2. The highest BCUT2D eigenvalue weighted by Gasteiger charge is 2.56. The molecule has 2 amide bonds. The number of carbonyl (C=O) groups excluding carboxylic acids is 2. The van der Waals surface area contributed by atoms with Crippen molar-refractivity contribution >= 4 is 11.8 Å². The maximum Gasteiger partial charge on any atom is 0.238 e. The van der Waals surface area contributed by atoms with Gasteiger partial charge in [-0.2, -0.15) is 0 Å². The predicted octanol–water partition coefficient (Wildman–Crippen LogP) is 3.44. The summed E-state index contributed by atoms with van der Waals surface area (Å²) < 4.78 is 40.5. The maximum absolute atomic E-state index is 14.4. The average molecular weight is 831 g/mol. The second-order valence-corrected chi connectivity index (χ2v) is 16.5. The third kappa shape index (κ3) is 9.16.